The number of imide groups is 1. The Bertz CT molecular complexity index is 785. The number of hydrogen-bond donors (Lipinski definition) is 1. The van der Waals surface area contributed by atoms with Crippen LogP contribution in [0.4, 0.5) is 18.9 Å². The summed E-state index contributed by atoms with van der Waals surface area (Å²) >= 11 is 0. The monoisotopic (exact) mass is 412 g/mol. The number of ether oxygens (including phenoxy) is 1. The second-order valence-electron chi connectivity index (χ2n) is 7.37. The predicted octanol–water partition coefficient (Wildman–Crippen LogP) is 3.61. The molecule has 1 aliphatic heterocycles. The van der Waals surface area contributed by atoms with E-state index in [-0.39, 0.29) is 41.7 Å². The molecule has 0 spiro atoms. The second-order valence-corrected chi connectivity index (χ2v) is 7.37. The van der Waals surface area contributed by atoms with E-state index in [9.17, 15) is 27.6 Å². The molecule has 2 aliphatic rings. The van der Waals surface area contributed by atoms with E-state index in [0.29, 0.717) is 19.3 Å². The first-order valence-electron chi connectivity index (χ1n) is 9.71. The number of carbonyl (C=O) groups excluding carboxylic acids is 3. The van der Waals surface area contributed by atoms with Gasteiger partial charge in [-0.05, 0) is 37.5 Å². The van der Waals surface area contributed by atoms with Crippen molar-refractivity contribution in [2.75, 3.05) is 18.5 Å². The molecule has 1 saturated carbocycles. The average Bonchev–Trinajstić information content (AvgIpc) is 2.91. The van der Waals surface area contributed by atoms with Crippen molar-refractivity contribution < 1.29 is 32.3 Å². The van der Waals surface area contributed by atoms with Gasteiger partial charge in [0.05, 0.1) is 29.7 Å². The molecule has 1 N–H and O–H groups in total. The number of alkyl halides is 3. The van der Waals surface area contributed by atoms with Crippen molar-refractivity contribution >= 4 is 23.4 Å². The van der Waals surface area contributed by atoms with Crippen LogP contribution in [-0.2, 0) is 20.6 Å². The van der Waals surface area contributed by atoms with Crippen LogP contribution in [0.1, 0.15) is 44.6 Å². The Morgan fingerprint density at radius 2 is 1.79 bits per heavy atom. The fourth-order valence-corrected chi connectivity index (χ4v) is 3.86. The quantitative estimate of drug-likeness (QED) is 0.725. The number of benzene rings is 1. The molecule has 3 rings (SSSR count). The van der Waals surface area contributed by atoms with Crippen LogP contribution in [0.15, 0.2) is 18.2 Å². The molecule has 158 valence electrons. The highest BCUT2D eigenvalue weighted by Crippen LogP contribution is 2.38. The van der Waals surface area contributed by atoms with Crippen LogP contribution in [0.25, 0.3) is 0 Å². The highest BCUT2D eigenvalue weighted by molar-refractivity contribution is 6.08. The second kappa shape index (κ2) is 8.42. The third kappa shape index (κ3) is 4.54. The van der Waals surface area contributed by atoms with E-state index in [2.05, 4.69) is 5.32 Å². The van der Waals surface area contributed by atoms with Crippen LogP contribution in [-0.4, -0.2) is 35.8 Å². The number of anilines is 1. The van der Waals surface area contributed by atoms with Gasteiger partial charge in [0.1, 0.15) is 12.3 Å². The van der Waals surface area contributed by atoms with Gasteiger partial charge in [-0.15, -0.1) is 0 Å². The maximum Gasteiger partial charge on any atom is 0.416 e. The van der Waals surface area contributed by atoms with E-state index >= 15 is 0 Å². The smallest absolute Gasteiger partial charge is 0.416 e. The van der Waals surface area contributed by atoms with Crippen LogP contribution in [0.3, 0.4) is 0 Å². The van der Waals surface area contributed by atoms with E-state index in [1.807, 2.05) is 6.92 Å². The molecule has 1 aromatic carbocycles. The summed E-state index contributed by atoms with van der Waals surface area (Å²) in [6, 6.07) is 2.81. The van der Waals surface area contributed by atoms with E-state index in [1.54, 1.807) is 0 Å². The van der Waals surface area contributed by atoms with Crippen molar-refractivity contribution in [3.63, 3.8) is 0 Å². The molecule has 2 unspecified atom stereocenters. The van der Waals surface area contributed by atoms with Gasteiger partial charge in [-0.3, -0.25) is 19.3 Å². The lowest BCUT2D eigenvalue weighted by Gasteiger charge is -2.19. The fourth-order valence-electron chi connectivity index (χ4n) is 3.86. The van der Waals surface area contributed by atoms with Crippen molar-refractivity contribution in [1.82, 2.24) is 4.90 Å². The van der Waals surface area contributed by atoms with Crippen molar-refractivity contribution in [2.45, 2.75) is 45.2 Å². The normalized spacial score (nSPS) is 21.9. The van der Waals surface area contributed by atoms with E-state index in [0.717, 1.165) is 35.9 Å². The molecular formula is C20H23F3N2O4. The Balaban J connectivity index is 1.75. The van der Waals surface area contributed by atoms with Crippen molar-refractivity contribution in [2.24, 2.45) is 11.8 Å². The number of fused-ring (bicyclic) bond motifs is 1. The zero-order chi connectivity index (χ0) is 21.2. The van der Waals surface area contributed by atoms with E-state index < -0.39 is 24.2 Å². The standard InChI is InChI=1S/C20H23F3N2O4/c1-2-9-29-16-8-7-12(20(21,22)23)10-15(16)24-17(26)11-25-18(27)13-5-3-4-6-14(13)19(25)28/h7-8,10,13-14H,2-6,9,11H2,1H3,(H,24,26). The van der Waals surface area contributed by atoms with Gasteiger partial charge < -0.3 is 10.1 Å². The fraction of sp³-hybridized carbons (Fsp3) is 0.550. The third-order valence-electron chi connectivity index (χ3n) is 5.28. The van der Waals surface area contributed by atoms with Gasteiger partial charge in [-0.1, -0.05) is 19.8 Å². The molecule has 1 aromatic rings. The van der Waals surface area contributed by atoms with Gasteiger partial charge in [-0.2, -0.15) is 13.2 Å². The molecular weight excluding hydrogens is 389 g/mol. The molecule has 2 fully saturated rings. The molecule has 29 heavy (non-hydrogen) atoms. The highest BCUT2D eigenvalue weighted by Gasteiger charge is 2.48. The van der Waals surface area contributed by atoms with Crippen LogP contribution in [0.5, 0.6) is 5.75 Å². The molecule has 0 bridgehead atoms. The van der Waals surface area contributed by atoms with Gasteiger partial charge in [0.15, 0.2) is 0 Å². The van der Waals surface area contributed by atoms with E-state index in [1.165, 1.54) is 0 Å². The maximum absolute atomic E-state index is 13.0. The summed E-state index contributed by atoms with van der Waals surface area (Å²) in [5.74, 6) is -2.17. The predicted molar refractivity (Wildman–Crippen MR) is 98.0 cm³/mol. The summed E-state index contributed by atoms with van der Waals surface area (Å²) in [4.78, 5) is 38.4. The molecule has 3 amide bonds. The minimum atomic E-state index is -4.58. The Kier molecular flexibility index (Phi) is 6.14. The lowest BCUT2D eigenvalue weighted by Crippen LogP contribution is -2.38. The van der Waals surface area contributed by atoms with Crippen LogP contribution in [0, 0.1) is 11.8 Å². The first kappa shape index (κ1) is 21.1. The van der Waals surface area contributed by atoms with Crippen molar-refractivity contribution in [3.05, 3.63) is 23.8 Å². The van der Waals surface area contributed by atoms with Crippen LogP contribution < -0.4 is 10.1 Å². The first-order valence-corrected chi connectivity index (χ1v) is 9.71. The minimum Gasteiger partial charge on any atom is -0.491 e. The summed E-state index contributed by atoms with van der Waals surface area (Å²) < 4.78 is 44.5. The maximum atomic E-state index is 13.0. The zero-order valence-corrected chi connectivity index (χ0v) is 16.1. The van der Waals surface area contributed by atoms with E-state index in [4.69, 9.17) is 4.74 Å². The molecule has 1 saturated heterocycles. The number of nitrogens with one attached hydrogen (secondary N) is 1. The lowest BCUT2D eigenvalue weighted by atomic mass is 9.81. The number of carbonyl (C=O) groups is 3. The Hall–Kier alpha value is -2.58. The lowest BCUT2D eigenvalue weighted by molar-refractivity contribution is -0.142. The number of rotatable bonds is 6. The topological polar surface area (TPSA) is 75.7 Å². The van der Waals surface area contributed by atoms with Gasteiger partial charge >= 0.3 is 6.18 Å². The van der Waals surface area contributed by atoms with Crippen LogP contribution >= 0.6 is 0 Å². The summed E-state index contributed by atoms with van der Waals surface area (Å²) in [7, 11) is 0. The minimum absolute atomic E-state index is 0.0981. The molecule has 0 aromatic heterocycles. The van der Waals surface area contributed by atoms with Gasteiger partial charge in [0, 0.05) is 0 Å². The number of likely N-dealkylation sites (tertiary alicyclic amines) is 1. The number of amides is 3. The Labute approximate surface area is 166 Å². The van der Waals surface area contributed by atoms with Gasteiger partial charge in [0.25, 0.3) is 0 Å². The summed E-state index contributed by atoms with van der Waals surface area (Å²) in [5.41, 5.74) is -1.08. The molecule has 9 heteroatoms. The van der Waals surface area contributed by atoms with Crippen molar-refractivity contribution in [3.8, 4) is 5.75 Å². The summed E-state index contributed by atoms with van der Waals surface area (Å²) in [5, 5.41) is 2.37. The average molecular weight is 412 g/mol. The summed E-state index contributed by atoms with van der Waals surface area (Å²) in [6.45, 7) is 1.58. The van der Waals surface area contributed by atoms with Gasteiger partial charge in [0.2, 0.25) is 17.7 Å². The Morgan fingerprint density at radius 3 is 2.34 bits per heavy atom. The molecule has 1 heterocycles. The first-order chi connectivity index (χ1) is 13.7. The molecule has 1 aliphatic carbocycles. The summed E-state index contributed by atoms with van der Waals surface area (Å²) in [6.07, 6.45) is -0.982. The Morgan fingerprint density at radius 1 is 1.17 bits per heavy atom. The third-order valence-corrected chi connectivity index (χ3v) is 5.28. The molecule has 6 nitrogen and oxygen atoms in total. The van der Waals surface area contributed by atoms with Crippen molar-refractivity contribution in [1.29, 1.82) is 0 Å². The molecule has 0 radical (unpaired) electrons. The zero-order valence-electron chi connectivity index (χ0n) is 16.1. The number of hydrogen-bond acceptors (Lipinski definition) is 4. The number of halogens is 3. The number of nitrogens with zero attached hydrogens (tertiary/aromatic N) is 1. The largest absolute Gasteiger partial charge is 0.491 e. The molecule has 2 atom stereocenters. The van der Waals surface area contributed by atoms with Gasteiger partial charge in [-0.25, -0.2) is 0 Å². The van der Waals surface area contributed by atoms with Crippen LogP contribution in [0.2, 0.25) is 0 Å². The SMILES string of the molecule is CCCOc1ccc(C(F)(F)F)cc1NC(=O)CN1C(=O)C2CCCCC2C1=O. The highest BCUT2D eigenvalue weighted by atomic mass is 19.4.